The van der Waals surface area contributed by atoms with Crippen molar-refractivity contribution in [2.45, 2.75) is 32.1 Å². The first kappa shape index (κ1) is 29.7. The summed E-state index contributed by atoms with van der Waals surface area (Å²) < 4.78 is 22.2. The summed E-state index contributed by atoms with van der Waals surface area (Å²) in [5.41, 5.74) is 2.51. The van der Waals surface area contributed by atoms with Gasteiger partial charge in [0.1, 0.15) is 0 Å². The molecule has 40 heavy (non-hydrogen) atoms. The van der Waals surface area contributed by atoms with E-state index in [0.717, 1.165) is 31.6 Å². The van der Waals surface area contributed by atoms with Gasteiger partial charge in [0.15, 0.2) is 17.3 Å². The molecule has 0 unspecified atom stereocenters. The highest BCUT2D eigenvalue weighted by Gasteiger charge is 2.20. The Balaban J connectivity index is 1.50. The molecule has 12 heteroatoms. The predicted octanol–water partition coefficient (Wildman–Crippen LogP) is 5.56. The van der Waals surface area contributed by atoms with E-state index in [4.69, 9.17) is 20.9 Å². The van der Waals surface area contributed by atoms with Crippen molar-refractivity contribution in [2.75, 3.05) is 31.6 Å². The highest BCUT2D eigenvalue weighted by molar-refractivity contribution is 7.46. The Hall–Kier alpha value is -3.27. The molecular formula is C28H32ClN4O6P. The molecule has 0 aliphatic carbocycles. The van der Waals surface area contributed by atoms with E-state index in [-0.39, 0.29) is 29.7 Å². The number of anilines is 2. The number of aromatic nitrogens is 2. The van der Waals surface area contributed by atoms with Crippen LogP contribution in [0.5, 0.6) is 11.5 Å². The van der Waals surface area contributed by atoms with Crippen molar-refractivity contribution in [1.82, 2.24) is 14.9 Å². The van der Waals surface area contributed by atoms with Crippen LogP contribution >= 0.6 is 19.4 Å². The van der Waals surface area contributed by atoms with E-state index >= 15 is 0 Å². The quantitative estimate of drug-likeness (QED) is 0.133. The van der Waals surface area contributed by atoms with E-state index in [0.29, 0.717) is 28.6 Å². The average molecular weight is 587 g/mol. The lowest BCUT2D eigenvalue weighted by Crippen LogP contribution is -2.31. The van der Waals surface area contributed by atoms with Crippen LogP contribution in [0.4, 0.5) is 11.6 Å². The summed E-state index contributed by atoms with van der Waals surface area (Å²) in [6.45, 7) is 6.90. The number of halogens is 1. The number of likely N-dealkylation sites (tertiary alicyclic amines) is 1. The first-order chi connectivity index (χ1) is 19.2. The van der Waals surface area contributed by atoms with Gasteiger partial charge < -0.3 is 19.5 Å². The van der Waals surface area contributed by atoms with Crippen LogP contribution in [0.25, 0.3) is 11.3 Å². The molecule has 4 rings (SSSR count). The molecule has 1 saturated heterocycles. The third-order valence-corrected chi connectivity index (χ3v) is 7.00. The van der Waals surface area contributed by atoms with Crippen LogP contribution in [-0.4, -0.2) is 56.7 Å². The number of benzene rings is 2. The molecular weight excluding hydrogens is 555 g/mol. The van der Waals surface area contributed by atoms with Crippen LogP contribution in [0.2, 0.25) is 5.02 Å². The number of carbonyl (C=O) groups excluding carboxylic acids is 1. The standard InChI is InChI=1S/C28H32ClN4O6P/c1-2-23(34)17-20-8-6-9-21(16-20)27-24(29)19-30-28(32-27)31-22-10-11-25(39-40(35,36)37)26(18-22)38-15-7-14-33-12-4-3-5-13-33/h2,6,8-11,16,18-19H,1,3-5,7,12-15,17H2,(H,30,31,32)(H2,35,36,37). The Labute approximate surface area is 238 Å². The highest BCUT2D eigenvalue weighted by Crippen LogP contribution is 2.43. The molecule has 212 valence electrons. The summed E-state index contributed by atoms with van der Waals surface area (Å²) in [7, 11) is -4.79. The minimum Gasteiger partial charge on any atom is -0.490 e. The molecule has 0 saturated carbocycles. The third-order valence-electron chi connectivity index (χ3n) is 6.29. The molecule has 0 radical (unpaired) electrons. The maximum Gasteiger partial charge on any atom is 0.524 e. The van der Waals surface area contributed by atoms with Gasteiger partial charge >= 0.3 is 7.82 Å². The second kappa shape index (κ2) is 13.9. The van der Waals surface area contributed by atoms with Crippen LogP contribution in [0, 0.1) is 0 Å². The molecule has 0 amide bonds. The first-order valence-corrected chi connectivity index (χ1v) is 14.9. The normalized spacial score (nSPS) is 14.0. The number of hydrogen-bond donors (Lipinski definition) is 3. The second-order valence-electron chi connectivity index (χ2n) is 9.41. The largest absolute Gasteiger partial charge is 0.524 e. The Morgan fingerprint density at radius 3 is 2.70 bits per heavy atom. The summed E-state index contributed by atoms with van der Waals surface area (Å²) in [5, 5.41) is 3.42. The Bertz CT molecular complexity index is 1390. The lowest BCUT2D eigenvalue weighted by Gasteiger charge is -2.26. The zero-order valence-corrected chi connectivity index (χ0v) is 23.6. The molecule has 1 aromatic heterocycles. The number of allylic oxidation sites excluding steroid dienone is 1. The zero-order valence-electron chi connectivity index (χ0n) is 22.0. The number of hydrogen-bond acceptors (Lipinski definition) is 8. The van der Waals surface area contributed by atoms with Gasteiger partial charge in [-0.3, -0.25) is 14.6 Å². The lowest BCUT2D eigenvalue weighted by molar-refractivity contribution is -0.114. The molecule has 0 bridgehead atoms. The van der Waals surface area contributed by atoms with Crippen molar-refractivity contribution < 1.29 is 28.4 Å². The van der Waals surface area contributed by atoms with Crippen LogP contribution in [0.3, 0.4) is 0 Å². The number of phosphoric acid groups is 1. The van der Waals surface area contributed by atoms with E-state index in [1.54, 1.807) is 12.1 Å². The number of phosphoric ester groups is 1. The molecule has 3 N–H and O–H groups in total. The molecule has 2 heterocycles. The number of rotatable bonds is 13. The van der Waals surface area contributed by atoms with Gasteiger partial charge in [-0.25, -0.2) is 14.5 Å². The van der Waals surface area contributed by atoms with Crippen LogP contribution in [-0.2, 0) is 15.8 Å². The number of piperidine rings is 1. The monoisotopic (exact) mass is 586 g/mol. The molecule has 0 spiro atoms. The topological polar surface area (TPSA) is 134 Å². The van der Waals surface area contributed by atoms with Crippen LogP contribution in [0.1, 0.15) is 31.2 Å². The molecule has 1 aliphatic rings. The summed E-state index contributed by atoms with van der Waals surface area (Å²) in [5.74, 6) is 0.261. The minimum atomic E-state index is -4.79. The maximum atomic E-state index is 11.8. The number of carbonyl (C=O) groups is 1. The van der Waals surface area contributed by atoms with Crippen LogP contribution in [0.15, 0.2) is 61.3 Å². The molecule has 1 aliphatic heterocycles. The van der Waals surface area contributed by atoms with E-state index in [9.17, 15) is 19.1 Å². The summed E-state index contributed by atoms with van der Waals surface area (Å²) in [6, 6.07) is 11.9. The fraction of sp³-hybridized carbons (Fsp3) is 0.321. The fourth-order valence-corrected chi connectivity index (χ4v) is 5.02. The van der Waals surface area contributed by atoms with Gasteiger partial charge in [0, 0.05) is 30.3 Å². The van der Waals surface area contributed by atoms with Crippen molar-refractivity contribution >= 4 is 36.8 Å². The van der Waals surface area contributed by atoms with Crippen molar-refractivity contribution in [3.63, 3.8) is 0 Å². The number of ketones is 1. The van der Waals surface area contributed by atoms with Crippen molar-refractivity contribution in [3.8, 4) is 22.8 Å². The number of nitrogens with one attached hydrogen (secondary N) is 1. The lowest BCUT2D eigenvalue weighted by atomic mass is 10.0. The molecule has 2 aromatic carbocycles. The van der Waals surface area contributed by atoms with Crippen LogP contribution < -0.4 is 14.6 Å². The zero-order chi connectivity index (χ0) is 28.5. The molecule has 10 nitrogen and oxygen atoms in total. The first-order valence-electron chi connectivity index (χ1n) is 13.0. The Morgan fingerprint density at radius 2 is 1.95 bits per heavy atom. The minimum absolute atomic E-state index is 0.0690. The van der Waals surface area contributed by atoms with Gasteiger partial charge in [-0.1, -0.05) is 42.8 Å². The van der Waals surface area contributed by atoms with Crippen molar-refractivity contribution in [3.05, 3.63) is 71.9 Å². The molecule has 0 atom stereocenters. The number of nitrogens with zero attached hydrogens (tertiary/aromatic N) is 3. The third kappa shape index (κ3) is 8.87. The Kier molecular flexibility index (Phi) is 10.3. The van der Waals surface area contributed by atoms with E-state index in [1.165, 1.54) is 37.6 Å². The van der Waals surface area contributed by atoms with Crippen molar-refractivity contribution in [2.24, 2.45) is 0 Å². The summed E-state index contributed by atoms with van der Waals surface area (Å²) in [6.07, 6.45) is 7.39. The van der Waals surface area contributed by atoms with Gasteiger partial charge in [0.25, 0.3) is 0 Å². The molecule has 3 aromatic rings. The van der Waals surface area contributed by atoms with Gasteiger partial charge in [-0.2, -0.15) is 0 Å². The number of ether oxygens (including phenoxy) is 1. The fourth-order valence-electron chi connectivity index (χ4n) is 4.42. The van der Waals surface area contributed by atoms with Gasteiger partial charge in [-0.15, -0.1) is 0 Å². The highest BCUT2D eigenvalue weighted by atomic mass is 35.5. The Morgan fingerprint density at radius 1 is 1.15 bits per heavy atom. The van der Waals surface area contributed by atoms with E-state index < -0.39 is 7.82 Å². The van der Waals surface area contributed by atoms with Crippen molar-refractivity contribution in [1.29, 1.82) is 0 Å². The average Bonchev–Trinajstić information content (AvgIpc) is 2.93. The summed E-state index contributed by atoms with van der Waals surface area (Å²) >= 11 is 6.40. The van der Waals surface area contributed by atoms with Gasteiger partial charge in [0.2, 0.25) is 5.95 Å². The van der Waals surface area contributed by atoms with E-state index in [2.05, 4.69) is 26.8 Å². The SMILES string of the molecule is C=CC(=O)Cc1cccc(-c2nc(Nc3ccc(OP(=O)(O)O)c(OCCCN4CCCCC4)c3)ncc2Cl)c1. The molecule has 1 fully saturated rings. The van der Waals surface area contributed by atoms with Gasteiger partial charge in [0.05, 0.1) is 23.5 Å². The van der Waals surface area contributed by atoms with E-state index in [1.807, 2.05) is 24.3 Å². The summed E-state index contributed by atoms with van der Waals surface area (Å²) in [4.78, 5) is 41.7. The predicted molar refractivity (Wildman–Crippen MR) is 154 cm³/mol. The smallest absolute Gasteiger partial charge is 0.490 e. The van der Waals surface area contributed by atoms with Gasteiger partial charge in [-0.05, 0) is 62.2 Å². The maximum absolute atomic E-state index is 11.8. The second-order valence-corrected chi connectivity index (χ2v) is 11.0.